The van der Waals surface area contributed by atoms with E-state index in [4.69, 9.17) is 9.47 Å². The van der Waals surface area contributed by atoms with Crippen molar-refractivity contribution in [3.8, 4) is 0 Å². The summed E-state index contributed by atoms with van der Waals surface area (Å²) >= 11 is 1.69. The minimum absolute atomic E-state index is 0.231. The number of piperidine rings is 1. The van der Waals surface area contributed by atoms with Crippen LogP contribution in [0, 0.1) is 12.8 Å². The Balaban J connectivity index is 2.13. The van der Waals surface area contributed by atoms with Crippen molar-refractivity contribution in [2.45, 2.75) is 65.4 Å². The first-order valence-electron chi connectivity index (χ1n) is 10.2. The van der Waals surface area contributed by atoms with E-state index in [-0.39, 0.29) is 12.1 Å². The average Bonchev–Trinajstić information content (AvgIpc) is 3.00. The Labute approximate surface area is 178 Å². The molecule has 0 aliphatic carbocycles. The van der Waals surface area contributed by atoms with Gasteiger partial charge in [0, 0.05) is 42.5 Å². The number of nitrogens with zero attached hydrogens (tertiary/aromatic N) is 2. The van der Waals surface area contributed by atoms with Gasteiger partial charge >= 0.3 is 12.1 Å². The van der Waals surface area contributed by atoms with E-state index in [2.05, 4.69) is 11.9 Å². The van der Waals surface area contributed by atoms with Gasteiger partial charge in [-0.3, -0.25) is 0 Å². The fourth-order valence-electron chi connectivity index (χ4n) is 3.84. The highest BCUT2D eigenvalue weighted by Gasteiger charge is 2.32. The second-order valence-electron chi connectivity index (χ2n) is 8.62. The summed E-state index contributed by atoms with van der Waals surface area (Å²) < 4.78 is 10.5. The molecule has 2 rings (SSSR count). The van der Waals surface area contributed by atoms with E-state index in [0.29, 0.717) is 36.9 Å². The summed E-state index contributed by atoms with van der Waals surface area (Å²) in [5.74, 6) is 0.497. The first kappa shape index (κ1) is 23.4. The Morgan fingerprint density at radius 2 is 1.93 bits per heavy atom. The predicted molar refractivity (Wildman–Crippen MR) is 117 cm³/mol. The maximum absolute atomic E-state index is 12.3. The molecular weight excluding hydrogens is 388 g/mol. The van der Waals surface area contributed by atoms with Crippen molar-refractivity contribution >= 4 is 29.6 Å². The summed E-state index contributed by atoms with van der Waals surface area (Å²) in [4.78, 5) is 32.8. The molecule has 1 aliphatic rings. The minimum Gasteiger partial charge on any atom is -0.465 e. The van der Waals surface area contributed by atoms with Crippen LogP contribution in [-0.2, 0) is 15.9 Å². The maximum atomic E-state index is 12.3. The number of esters is 1. The number of hydrogen-bond donors (Lipinski definition) is 0. The molecule has 7 heteroatoms. The van der Waals surface area contributed by atoms with Gasteiger partial charge in [-0.2, -0.15) is 0 Å². The normalized spacial score (nSPS) is 16.9. The number of ether oxygens (including phenoxy) is 2. The number of hydrogen-bond acceptors (Lipinski definition) is 6. The van der Waals surface area contributed by atoms with Crippen molar-refractivity contribution in [2.24, 2.45) is 10.9 Å². The number of thiophene rings is 1. The van der Waals surface area contributed by atoms with Crippen LogP contribution >= 0.6 is 11.3 Å². The lowest BCUT2D eigenvalue weighted by molar-refractivity contribution is 0.0176. The second kappa shape index (κ2) is 9.74. The number of likely N-dealkylation sites (tertiary alicyclic amines) is 1. The molecule has 1 fully saturated rings. The third-order valence-electron chi connectivity index (χ3n) is 5.42. The summed E-state index contributed by atoms with van der Waals surface area (Å²) in [5.41, 5.74) is 1.23. The number of rotatable bonds is 5. The third-order valence-corrected chi connectivity index (χ3v) is 6.93. The van der Waals surface area contributed by atoms with Gasteiger partial charge in [0.2, 0.25) is 0 Å². The highest BCUT2D eigenvalue weighted by Crippen LogP contribution is 2.40. The van der Waals surface area contributed by atoms with Gasteiger partial charge in [-0.15, -0.1) is 11.3 Å². The largest absolute Gasteiger partial charge is 0.465 e. The van der Waals surface area contributed by atoms with E-state index < -0.39 is 5.60 Å². The van der Waals surface area contributed by atoms with Crippen molar-refractivity contribution in [3.63, 3.8) is 0 Å². The quantitative estimate of drug-likeness (QED) is 0.503. The van der Waals surface area contributed by atoms with Crippen molar-refractivity contribution < 1.29 is 19.1 Å². The van der Waals surface area contributed by atoms with Gasteiger partial charge in [0.05, 0.1) is 12.7 Å². The molecule has 0 aromatic carbocycles. The lowest BCUT2D eigenvalue weighted by Crippen LogP contribution is -2.42. The monoisotopic (exact) mass is 422 g/mol. The molecule has 1 atom stereocenters. The van der Waals surface area contributed by atoms with E-state index in [1.54, 1.807) is 23.3 Å². The van der Waals surface area contributed by atoms with Crippen molar-refractivity contribution in [1.29, 1.82) is 0 Å². The maximum Gasteiger partial charge on any atom is 0.410 e. The number of amides is 1. The van der Waals surface area contributed by atoms with Gasteiger partial charge in [-0.05, 0) is 57.9 Å². The summed E-state index contributed by atoms with van der Waals surface area (Å²) in [6, 6.07) is 0. The van der Waals surface area contributed by atoms with E-state index in [1.165, 1.54) is 12.0 Å². The van der Waals surface area contributed by atoms with Gasteiger partial charge in [0.15, 0.2) is 0 Å². The van der Waals surface area contributed by atoms with Crippen LogP contribution in [0.5, 0.6) is 0 Å². The van der Waals surface area contributed by atoms with Gasteiger partial charge in [0.1, 0.15) is 5.60 Å². The molecule has 0 spiro atoms. The molecule has 162 valence electrons. The standard InChI is InChI=1S/C22H34N2O4S/c1-14(16-9-12-24(13-10-16)21(26)28-22(3,4)5)19-15(2)18(20(25)27-7)17(29-19)8-11-23-6/h11,14,16H,8-10,12-13H2,1-7H3/t14-/m1/s1. The molecule has 1 aliphatic heterocycles. The Bertz CT molecular complexity index is 756. The van der Waals surface area contributed by atoms with Crippen LogP contribution in [0.15, 0.2) is 4.99 Å². The van der Waals surface area contributed by atoms with Crippen molar-refractivity contribution in [2.75, 3.05) is 27.2 Å². The van der Waals surface area contributed by atoms with Crippen LogP contribution in [0.2, 0.25) is 0 Å². The molecule has 1 aromatic rings. The van der Waals surface area contributed by atoms with Gasteiger partial charge in [-0.25, -0.2) is 9.59 Å². The Morgan fingerprint density at radius 1 is 1.31 bits per heavy atom. The Kier molecular flexibility index (Phi) is 7.86. The second-order valence-corrected chi connectivity index (χ2v) is 9.76. The summed E-state index contributed by atoms with van der Waals surface area (Å²) in [7, 11) is 3.16. The van der Waals surface area contributed by atoms with E-state index >= 15 is 0 Å². The van der Waals surface area contributed by atoms with Crippen LogP contribution in [0.3, 0.4) is 0 Å². The fraction of sp³-hybridized carbons (Fsp3) is 0.682. The highest BCUT2D eigenvalue weighted by atomic mass is 32.1. The highest BCUT2D eigenvalue weighted by molar-refractivity contribution is 7.12. The SMILES string of the molecule is CN=CCc1sc([C@H](C)C2CCN(C(=O)OC(C)(C)C)CC2)c(C)c1C(=O)OC. The number of carbonyl (C=O) groups excluding carboxylic acids is 2. The van der Waals surface area contributed by atoms with Crippen molar-refractivity contribution in [1.82, 2.24) is 4.90 Å². The molecule has 1 amide bonds. The first-order valence-corrected chi connectivity index (χ1v) is 11.0. The fourth-order valence-corrected chi connectivity index (χ4v) is 5.23. The zero-order valence-electron chi connectivity index (χ0n) is 18.7. The molecule has 1 saturated heterocycles. The smallest absolute Gasteiger partial charge is 0.410 e. The van der Waals surface area contributed by atoms with Gasteiger partial charge < -0.3 is 19.4 Å². The van der Waals surface area contributed by atoms with E-state index in [1.807, 2.05) is 33.9 Å². The number of carbonyl (C=O) groups is 2. The molecule has 6 nitrogen and oxygen atoms in total. The molecular formula is C22H34N2O4S. The molecule has 0 unspecified atom stereocenters. The van der Waals surface area contributed by atoms with Crippen molar-refractivity contribution in [3.05, 3.63) is 20.9 Å². The number of methoxy groups -OCH3 is 1. The first-order chi connectivity index (χ1) is 13.6. The average molecular weight is 423 g/mol. The molecule has 1 aromatic heterocycles. The number of aliphatic imine (C=N–C) groups is 1. The zero-order valence-corrected chi connectivity index (χ0v) is 19.5. The predicted octanol–water partition coefficient (Wildman–Crippen LogP) is 4.84. The molecule has 2 heterocycles. The zero-order chi connectivity index (χ0) is 21.8. The lowest BCUT2D eigenvalue weighted by Gasteiger charge is -2.35. The van der Waals surface area contributed by atoms with Crippen LogP contribution < -0.4 is 0 Å². The van der Waals surface area contributed by atoms with Gasteiger partial charge in [-0.1, -0.05) is 6.92 Å². The minimum atomic E-state index is -0.474. The van der Waals surface area contributed by atoms with Crippen LogP contribution in [0.4, 0.5) is 4.79 Å². The van der Waals surface area contributed by atoms with Crippen LogP contribution in [0.25, 0.3) is 0 Å². The van der Waals surface area contributed by atoms with Crippen LogP contribution in [-0.4, -0.2) is 56.0 Å². The summed E-state index contributed by atoms with van der Waals surface area (Å²) in [6.45, 7) is 11.3. The van der Waals surface area contributed by atoms with E-state index in [0.717, 1.165) is 23.3 Å². The summed E-state index contributed by atoms with van der Waals surface area (Å²) in [6.07, 6.45) is 4.08. The Hall–Kier alpha value is -1.89. The third kappa shape index (κ3) is 5.81. The molecule has 0 saturated carbocycles. The molecule has 0 radical (unpaired) electrons. The molecule has 0 bridgehead atoms. The molecule has 0 N–H and O–H groups in total. The van der Waals surface area contributed by atoms with E-state index in [9.17, 15) is 9.59 Å². The van der Waals surface area contributed by atoms with Crippen LogP contribution in [0.1, 0.15) is 72.1 Å². The topological polar surface area (TPSA) is 68.2 Å². The Morgan fingerprint density at radius 3 is 2.45 bits per heavy atom. The molecule has 29 heavy (non-hydrogen) atoms. The summed E-state index contributed by atoms with van der Waals surface area (Å²) in [5, 5.41) is 0. The lowest BCUT2D eigenvalue weighted by atomic mass is 9.83. The van der Waals surface area contributed by atoms with Gasteiger partial charge in [0.25, 0.3) is 0 Å².